The Labute approximate surface area is 128 Å². The average molecular weight is 325 g/mol. The monoisotopic (exact) mass is 324 g/mol. The molecule has 0 fully saturated rings. The van der Waals surface area contributed by atoms with Crippen molar-refractivity contribution in [2.45, 2.75) is 4.90 Å². The van der Waals surface area contributed by atoms with Gasteiger partial charge in [0, 0.05) is 11.0 Å². The lowest BCUT2D eigenvalue weighted by Crippen LogP contribution is -2.02. The molecule has 21 heavy (non-hydrogen) atoms. The number of rotatable bonds is 2. The van der Waals surface area contributed by atoms with Gasteiger partial charge >= 0.3 is 0 Å². The summed E-state index contributed by atoms with van der Waals surface area (Å²) in [5, 5.41) is 12.9. The number of aromatic nitrogens is 4. The molecular weight excluding hydrogens is 311 g/mol. The lowest BCUT2D eigenvalue weighted by molar-refractivity contribution is 0.629. The Morgan fingerprint density at radius 1 is 1.14 bits per heavy atom. The zero-order chi connectivity index (χ0) is 15.2. The fourth-order valence-electron chi connectivity index (χ4n) is 2.03. The molecule has 0 saturated heterocycles. The molecule has 0 amide bonds. The number of hydrogen-bond acceptors (Lipinski definition) is 3. The SMILES string of the molecule is CS(C)(C)c1cc2nnc(-c3ccccc3F)n2nc1Cl. The van der Waals surface area contributed by atoms with Crippen LogP contribution in [0.25, 0.3) is 17.0 Å². The molecule has 2 heterocycles. The second-order valence-corrected chi connectivity index (χ2v) is 9.88. The third-order valence-electron chi connectivity index (χ3n) is 3.09. The number of halogens is 2. The summed E-state index contributed by atoms with van der Waals surface area (Å²) in [6.07, 6.45) is 6.38. The standard InChI is InChI=1S/C14H14ClFN4S/c1-21(2,3)11-8-12-17-18-14(20(12)19-13(11)15)9-6-4-5-7-10(9)16/h4-8H,1-3H3. The molecule has 0 spiro atoms. The predicted molar refractivity (Wildman–Crippen MR) is 84.8 cm³/mol. The van der Waals surface area contributed by atoms with Crippen LogP contribution in [0.3, 0.4) is 0 Å². The van der Waals surface area contributed by atoms with Crippen LogP contribution in [0.15, 0.2) is 35.2 Å². The van der Waals surface area contributed by atoms with Crippen LogP contribution in [-0.2, 0) is 0 Å². The molecule has 2 aromatic heterocycles. The van der Waals surface area contributed by atoms with E-state index in [1.54, 1.807) is 18.2 Å². The van der Waals surface area contributed by atoms with Gasteiger partial charge in [0.1, 0.15) is 5.82 Å². The van der Waals surface area contributed by atoms with Gasteiger partial charge in [0.25, 0.3) is 0 Å². The van der Waals surface area contributed by atoms with Gasteiger partial charge in [-0.25, -0.2) is 14.4 Å². The molecule has 4 nitrogen and oxygen atoms in total. The zero-order valence-corrected chi connectivity index (χ0v) is 13.4. The van der Waals surface area contributed by atoms with Crippen molar-refractivity contribution in [3.05, 3.63) is 41.3 Å². The quantitative estimate of drug-likeness (QED) is 0.723. The summed E-state index contributed by atoms with van der Waals surface area (Å²) in [4.78, 5) is 0.962. The summed E-state index contributed by atoms with van der Waals surface area (Å²) in [5.74, 6) is -0.0179. The number of nitrogens with zero attached hydrogens (tertiary/aromatic N) is 4. The van der Waals surface area contributed by atoms with E-state index in [4.69, 9.17) is 11.6 Å². The lowest BCUT2D eigenvalue weighted by Gasteiger charge is -2.26. The van der Waals surface area contributed by atoms with Gasteiger partial charge in [0.15, 0.2) is 16.6 Å². The van der Waals surface area contributed by atoms with Crippen molar-refractivity contribution < 1.29 is 4.39 Å². The molecule has 0 unspecified atom stereocenters. The molecule has 0 aliphatic heterocycles. The fraction of sp³-hybridized carbons (Fsp3) is 0.214. The maximum atomic E-state index is 13.9. The molecule has 0 radical (unpaired) electrons. The number of hydrogen-bond donors (Lipinski definition) is 0. The van der Waals surface area contributed by atoms with Crippen molar-refractivity contribution in [3.63, 3.8) is 0 Å². The minimum absolute atomic E-state index is 0.348. The first-order chi connectivity index (χ1) is 9.88. The fourth-order valence-corrected chi connectivity index (χ4v) is 3.86. The number of benzene rings is 1. The zero-order valence-electron chi connectivity index (χ0n) is 11.8. The first-order valence-electron chi connectivity index (χ1n) is 6.23. The summed E-state index contributed by atoms with van der Waals surface area (Å²) >= 11 is 6.28. The minimum Gasteiger partial charge on any atom is -0.220 e. The van der Waals surface area contributed by atoms with Crippen molar-refractivity contribution in [2.75, 3.05) is 18.8 Å². The van der Waals surface area contributed by atoms with Gasteiger partial charge < -0.3 is 0 Å². The van der Waals surface area contributed by atoms with Crippen LogP contribution >= 0.6 is 21.6 Å². The number of fused-ring (bicyclic) bond motifs is 1. The van der Waals surface area contributed by atoms with E-state index in [1.165, 1.54) is 10.6 Å². The maximum absolute atomic E-state index is 13.9. The topological polar surface area (TPSA) is 43.1 Å². The summed E-state index contributed by atoms with van der Waals surface area (Å²) in [7, 11) is -1.04. The third-order valence-corrected chi connectivity index (χ3v) is 5.11. The third kappa shape index (κ3) is 2.49. The van der Waals surface area contributed by atoms with Crippen LogP contribution in [-0.4, -0.2) is 38.6 Å². The molecule has 0 saturated carbocycles. The summed E-state index contributed by atoms with van der Waals surface area (Å²) < 4.78 is 15.4. The Balaban J connectivity index is 2.25. The molecule has 0 bridgehead atoms. The molecule has 3 rings (SSSR count). The maximum Gasteiger partial charge on any atom is 0.188 e. The molecule has 0 aliphatic rings. The highest BCUT2D eigenvalue weighted by Gasteiger charge is 2.19. The second kappa shape index (κ2) is 4.96. The van der Waals surface area contributed by atoms with E-state index in [9.17, 15) is 4.39 Å². The molecule has 0 aliphatic carbocycles. The predicted octanol–water partition coefficient (Wildman–Crippen LogP) is 3.64. The molecule has 0 atom stereocenters. The van der Waals surface area contributed by atoms with Crippen molar-refractivity contribution in [3.8, 4) is 11.4 Å². The van der Waals surface area contributed by atoms with Crippen LogP contribution in [0.1, 0.15) is 0 Å². The van der Waals surface area contributed by atoms with Crippen molar-refractivity contribution >= 4 is 27.3 Å². The van der Waals surface area contributed by atoms with E-state index in [0.29, 0.717) is 22.2 Å². The average Bonchev–Trinajstić information content (AvgIpc) is 2.80. The molecule has 7 heteroatoms. The van der Waals surface area contributed by atoms with Crippen LogP contribution in [0.5, 0.6) is 0 Å². The Hall–Kier alpha value is -1.66. The van der Waals surface area contributed by atoms with Gasteiger partial charge in [-0.3, -0.25) is 0 Å². The van der Waals surface area contributed by atoms with E-state index in [0.717, 1.165) is 4.90 Å². The second-order valence-electron chi connectivity index (χ2n) is 5.41. The first kappa shape index (κ1) is 14.3. The highest BCUT2D eigenvalue weighted by atomic mass is 35.5. The van der Waals surface area contributed by atoms with Gasteiger partial charge in [0.05, 0.1) is 5.56 Å². The summed E-state index contributed by atoms with van der Waals surface area (Å²) in [6.45, 7) is 0. The lowest BCUT2D eigenvalue weighted by atomic mass is 10.2. The normalized spacial score (nSPS) is 12.8. The molecule has 1 aromatic carbocycles. The summed E-state index contributed by atoms with van der Waals surface area (Å²) in [6, 6.07) is 8.27. The largest absolute Gasteiger partial charge is 0.220 e. The van der Waals surface area contributed by atoms with Crippen molar-refractivity contribution in [2.24, 2.45) is 0 Å². The van der Waals surface area contributed by atoms with Crippen molar-refractivity contribution in [1.82, 2.24) is 19.8 Å². The highest BCUT2D eigenvalue weighted by Crippen LogP contribution is 2.48. The van der Waals surface area contributed by atoms with E-state index in [1.807, 2.05) is 6.07 Å². The minimum atomic E-state index is -1.04. The van der Waals surface area contributed by atoms with Crippen LogP contribution < -0.4 is 0 Å². The Kier molecular flexibility index (Phi) is 3.37. The Morgan fingerprint density at radius 2 is 1.86 bits per heavy atom. The van der Waals surface area contributed by atoms with E-state index >= 15 is 0 Å². The van der Waals surface area contributed by atoms with Crippen LogP contribution in [0.4, 0.5) is 4.39 Å². The molecule has 3 aromatic rings. The van der Waals surface area contributed by atoms with E-state index in [2.05, 4.69) is 34.1 Å². The van der Waals surface area contributed by atoms with E-state index < -0.39 is 10.0 Å². The first-order valence-corrected chi connectivity index (χ1v) is 9.47. The van der Waals surface area contributed by atoms with Gasteiger partial charge in [-0.15, -0.1) is 10.2 Å². The van der Waals surface area contributed by atoms with Crippen molar-refractivity contribution in [1.29, 1.82) is 0 Å². The molecule has 0 N–H and O–H groups in total. The molecular formula is C14H14ClFN4S. The Morgan fingerprint density at radius 3 is 2.52 bits per heavy atom. The smallest absolute Gasteiger partial charge is 0.188 e. The van der Waals surface area contributed by atoms with Gasteiger partial charge in [-0.2, -0.15) is 9.61 Å². The highest BCUT2D eigenvalue weighted by molar-refractivity contribution is 8.32. The van der Waals surface area contributed by atoms with E-state index in [-0.39, 0.29) is 5.82 Å². The van der Waals surface area contributed by atoms with Gasteiger partial charge in [-0.1, -0.05) is 23.7 Å². The van der Waals surface area contributed by atoms with Crippen LogP contribution in [0, 0.1) is 5.82 Å². The Bertz CT molecular complexity index is 825. The van der Waals surface area contributed by atoms with Gasteiger partial charge in [0.2, 0.25) is 0 Å². The van der Waals surface area contributed by atoms with Crippen LogP contribution in [0.2, 0.25) is 5.15 Å². The molecule has 110 valence electrons. The summed E-state index contributed by atoms with van der Waals surface area (Å²) in [5.41, 5.74) is 0.916. The van der Waals surface area contributed by atoms with Gasteiger partial charge in [-0.05, 0) is 30.9 Å².